The molecule has 4 N–H and O–H groups in total. The summed E-state index contributed by atoms with van der Waals surface area (Å²) in [6.07, 6.45) is 4.16. The average molecular weight is 384 g/mol. The molecule has 1 aromatic carbocycles. The van der Waals surface area contributed by atoms with E-state index in [1.54, 1.807) is 47.4 Å². The molecular formula is C18H20N6O2S. The zero-order chi connectivity index (χ0) is 19.3. The van der Waals surface area contributed by atoms with Gasteiger partial charge in [0.2, 0.25) is 0 Å². The molecule has 0 amide bonds. The molecule has 3 heterocycles. The SMILES string of the molecule is Cc1ccc(S(=O)(=O)n2ccc3c4c(cnc32)ncn4C(N)C(C)N)cc1. The molecule has 0 aliphatic carbocycles. The quantitative estimate of drug-likeness (QED) is 0.553. The van der Waals surface area contributed by atoms with Crippen LogP contribution in [0, 0.1) is 6.92 Å². The fourth-order valence-electron chi connectivity index (χ4n) is 3.08. The topological polar surface area (TPSA) is 122 Å². The molecule has 2 unspecified atom stereocenters. The number of pyridine rings is 1. The molecule has 8 nitrogen and oxygen atoms in total. The smallest absolute Gasteiger partial charge is 0.269 e. The van der Waals surface area contributed by atoms with E-state index in [0.29, 0.717) is 22.1 Å². The van der Waals surface area contributed by atoms with Crippen LogP contribution in [0.5, 0.6) is 0 Å². The second-order valence-corrected chi connectivity index (χ2v) is 8.48. The standard InChI is InChI=1S/C18H20N6O2S/c1-11-3-5-13(6-4-11)27(25,26)24-8-7-14-16-15(9-21-18(14)24)22-10-23(16)17(20)12(2)19/h3-10,12,17H,19-20H2,1-2H3. The van der Waals surface area contributed by atoms with Crippen molar-refractivity contribution < 1.29 is 8.42 Å². The van der Waals surface area contributed by atoms with Crippen molar-refractivity contribution in [3.8, 4) is 0 Å². The number of aromatic nitrogens is 4. The Labute approximate surface area is 156 Å². The molecule has 0 bridgehead atoms. The highest BCUT2D eigenvalue weighted by Gasteiger charge is 2.23. The minimum absolute atomic E-state index is 0.202. The lowest BCUT2D eigenvalue weighted by molar-refractivity contribution is 0.454. The van der Waals surface area contributed by atoms with Gasteiger partial charge in [0.05, 0.1) is 29.1 Å². The van der Waals surface area contributed by atoms with Crippen molar-refractivity contribution in [1.82, 2.24) is 18.5 Å². The fraction of sp³-hybridized carbons (Fsp3) is 0.222. The van der Waals surface area contributed by atoms with Gasteiger partial charge in [-0.05, 0) is 32.0 Å². The van der Waals surface area contributed by atoms with Crippen LogP contribution in [-0.4, -0.2) is 33.0 Å². The molecule has 0 fully saturated rings. The summed E-state index contributed by atoms with van der Waals surface area (Å²) in [7, 11) is -3.77. The van der Waals surface area contributed by atoms with Crippen molar-refractivity contribution in [2.45, 2.75) is 31.0 Å². The number of benzene rings is 1. The Morgan fingerprint density at radius 2 is 1.78 bits per heavy atom. The lowest BCUT2D eigenvalue weighted by Crippen LogP contribution is -2.35. The number of hydrogen-bond donors (Lipinski definition) is 2. The highest BCUT2D eigenvalue weighted by molar-refractivity contribution is 7.90. The van der Waals surface area contributed by atoms with Gasteiger partial charge in [-0.25, -0.2) is 22.4 Å². The third kappa shape index (κ3) is 2.71. The summed E-state index contributed by atoms with van der Waals surface area (Å²) in [4.78, 5) is 8.85. The molecule has 0 saturated heterocycles. The predicted octanol–water partition coefficient (Wildman–Crippen LogP) is 1.74. The summed E-state index contributed by atoms with van der Waals surface area (Å²) >= 11 is 0. The van der Waals surface area contributed by atoms with Crippen molar-refractivity contribution in [3.63, 3.8) is 0 Å². The fourth-order valence-corrected chi connectivity index (χ4v) is 4.39. The lowest BCUT2D eigenvalue weighted by atomic mass is 10.2. The Kier molecular flexibility index (Phi) is 4.02. The van der Waals surface area contributed by atoms with Crippen molar-refractivity contribution in [3.05, 3.63) is 54.6 Å². The summed E-state index contributed by atoms with van der Waals surface area (Å²) in [6.45, 7) is 3.71. The molecule has 0 radical (unpaired) electrons. The third-order valence-electron chi connectivity index (χ3n) is 4.65. The van der Waals surface area contributed by atoms with Crippen molar-refractivity contribution in [2.24, 2.45) is 11.5 Å². The number of hydrogen-bond acceptors (Lipinski definition) is 6. The number of imidazole rings is 1. The van der Waals surface area contributed by atoms with E-state index in [9.17, 15) is 8.42 Å². The maximum Gasteiger partial charge on any atom is 0.269 e. The summed E-state index contributed by atoms with van der Waals surface area (Å²) in [6, 6.07) is 8.12. The molecule has 0 saturated carbocycles. The predicted molar refractivity (Wildman–Crippen MR) is 104 cm³/mol. The number of aryl methyl sites for hydroxylation is 1. The van der Waals surface area contributed by atoms with Crippen LogP contribution in [-0.2, 0) is 10.0 Å². The Morgan fingerprint density at radius 3 is 2.44 bits per heavy atom. The van der Waals surface area contributed by atoms with Gasteiger partial charge in [0.25, 0.3) is 10.0 Å². The second kappa shape index (κ2) is 6.15. The van der Waals surface area contributed by atoms with E-state index in [1.165, 1.54) is 10.2 Å². The van der Waals surface area contributed by atoms with Crippen LogP contribution in [0.1, 0.15) is 18.7 Å². The molecule has 0 aliphatic heterocycles. The first kappa shape index (κ1) is 17.7. The van der Waals surface area contributed by atoms with Gasteiger partial charge in [0.1, 0.15) is 5.52 Å². The third-order valence-corrected chi connectivity index (χ3v) is 6.33. The minimum atomic E-state index is -3.77. The second-order valence-electron chi connectivity index (χ2n) is 6.66. The van der Waals surface area contributed by atoms with E-state index in [4.69, 9.17) is 11.5 Å². The normalized spacial score (nSPS) is 14.7. The molecule has 9 heteroatoms. The van der Waals surface area contributed by atoms with E-state index >= 15 is 0 Å². The Bertz CT molecular complexity index is 1240. The zero-order valence-corrected chi connectivity index (χ0v) is 15.8. The molecule has 0 spiro atoms. The first-order valence-electron chi connectivity index (χ1n) is 8.46. The molecule has 4 rings (SSSR count). The van der Waals surface area contributed by atoms with Crippen LogP contribution in [0.3, 0.4) is 0 Å². The largest absolute Gasteiger partial charge is 0.325 e. The molecule has 2 atom stereocenters. The van der Waals surface area contributed by atoms with Gasteiger partial charge >= 0.3 is 0 Å². The Hall–Kier alpha value is -2.75. The maximum absolute atomic E-state index is 13.1. The minimum Gasteiger partial charge on any atom is -0.325 e. The van der Waals surface area contributed by atoms with Crippen LogP contribution in [0.15, 0.2) is 53.9 Å². The van der Waals surface area contributed by atoms with E-state index in [1.807, 2.05) is 13.8 Å². The van der Waals surface area contributed by atoms with Gasteiger partial charge in [-0.2, -0.15) is 0 Å². The monoisotopic (exact) mass is 384 g/mol. The number of rotatable bonds is 4. The first-order chi connectivity index (χ1) is 12.8. The van der Waals surface area contributed by atoms with Crippen molar-refractivity contribution >= 4 is 32.1 Å². The average Bonchev–Trinajstić information content (AvgIpc) is 3.25. The maximum atomic E-state index is 13.1. The molecule has 140 valence electrons. The van der Waals surface area contributed by atoms with Gasteiger partial charge in [0.15, 0.2) is 5.65 Å². The first-order valence-corrected chi connectivity index (χ1v) is 9.90. The van der Waals surface area contributed by atoms with E-state index in [-0.39, 0.29) is 10.9 Å². The molecule has 0 aliphatic rings. The number of fused-ring (bicyclic) bond motifs is 3. The molecule has 27 heavy (non-hydrogen) atoms. The van der Waals surface area contributed by atoms with Crippen LogP contribution >= 0.6 is 0 Å². The highest BCUT2D eigenvalue weighted by Crippen LogP contribution is 2.28. The van der Waals surface area contributed by atoms with Crippen LogP contribution in [0.2, 0.25) is 0 Å². The number of nitrogens with zero attached hydrogens (tertiary/aromatic N) is 4. The van der Waals surface area contributed by atoms with E-state index < -0.39 is 16.2 Å². The molecule has 3 aromatic heterocycles. The summed E-state index contributed by atoms with van der Waals surface area (Å²) in [5, 5.41) is 0.650. The lowest BCUT2D eigenvalue weighted by Gasteiger charge is -2.18. The van der Waals surface area contributed by atoms with E-state index in [0.717, 1.165) is 5.56 Å². The van der Waals surface area contributed by atoms with Gasteiger partial charge in [-0.1, -0.05) is 17.7 Å². The zero-order valence-electron chi connectivity index (χ0n) is 14.9. The van der Waals surface area contributed by atoms with Crippen LogP contribution in [0.25, 0.3) is 22.1 Å². The van der Waals surface area contributed by atoms with Crippen LogP contribution in [0.4, 0.5) is 0 Å². The van der Waals surface area contributed by atoms with E-state index in [2.05, 4.69) is 9.97 Å². The summed E-state index contributed by atoms with van der Waals surface area (Å²) in [5.41, 5.74) is 14.8. The van der Waals surface area contributed by atoms with Crippen LogP contribution < -0.4 is 11.5 Å². The highest BCUT2D eigenvalue weighted by atomic mass is 32.2. The molecular weight excluding hydrogens is 364 g/mol. The van der Waals surface area contributed by atoms with Crippen molar-refractivity contribution in [2.75, 3.05) is 0 Å². The Morgan fingerprint density at radius 1 is 1.07 bits per heavy atom. The van der Waals surface area contributed by atoms with Gasteiger partial charge in [-0.3, -0.25) is 0 Å². The summed E-state index contributed by atoms with van der Waals surface area (Å²) in [5.74, 6) is 0. The Balaban J connectivity index is 1.95. The molecule has 4 aromatic rings. The van der Waals surface area contributed by atoms with Gasteiger partial charge in [0, 0.05) is 17.6 Å². The van der Waals surface area contributed by atoms with Crippen molar-refractivity contribution in [1.29, 1.82) is 0 Å². The van der Waals surface area contributed by atoms with Gasteiger partial charge < -0.3 is 16.0 Å². The summed E-state index contributed by atoms with van der Waals surface area (Å²) < 4.78 is 29.1. The number of nitrogens with two attached hydrogens (primary N) is 2. The van der Waals surface area contributed by atoms with Gasteiger partial charge in [-0.15, -0.1) is 0 Å².